The van der Waals surface area contributed by atoms with E-state index in [2.05, 4.69) is 0 Å². The average molecular weight is 278 g/mol. The van der Waals surface area contributed by atoms with Gasteiger partial charge in [-0.25, -0.2) is 0 Å². The Kier molecular flexibility index (Phi) is 4.77. The van der Waals surface area contributed by atoms with Crippen LogP contribution in [0.4, 0.5) is 13.2 Å². The molecule has 2 nitrogen and oxygen atoms in total. The fourth-order valence-electron chi connectivity index (χ4n) is 3.67. The van der Waals surface area contributed by atoms with Crippen molar-refractivity contribution in [2.75, 3.05) is 26.2 Å². The summed E-state index contributed by atoms with van der Waals surface area (Å²) in [5.41, 5.74) is 6.00. The molecule has 19 heavy (non-hydrogen) atoms. The number of alkyl halides is 3. The monoisotopic (exact) mass is 278 g/mol. The van der Waals surface area contributed by atoms with E-state index in [0.29, 0.717) is 13.0 Å². The Hall–Kier alpha value is -0.290. The Morgan fingerprint density at radius 3 is 2.37 bits per heavy atom. The molecular weight excluding hydrogens is 253 g/mol. The Balaban J connectivity index is 1.94. The molecule has 112 valence electrons. The van der Waals surface area contributed by atoms with Crippen LogP contribution in [0.25, 0.3) is 0 Å². The lowest BCUT2D eigenvalue weighted by atomic mass is 9.73. The molecule has 5 heteroatoms. The van der Waals surface area contributed by atoms with Gasteiger partial charge >= 0.3 is 6.18 Å². The van der Waals surface area contributed by atoms with Crippen LogP contribution in [0.15, 0.2) is 0 Å². The lowest BCUT2D eigenvalue weighted by molar-refractivity contribution is -0.188. The van der Waals surface area contributed by atoms with Gasteiger partial charge in [-0.3, -0.25) is 0 Å². The van der Waals surface area contributed by atoms with E-state index in [9.17, 15) is 13.2 Å². The molecule has 1 unspecified atom stereocenters. The molecule has 0 amide bonds. The van der Waals surface area contributed by atoms with Crippen LogP contribution >= 0.6 is 0 Å². The van der Waals surface area contributed by atoms with Crippen LogP contribution in [-0.4, -0.2) is 37.3 Å². The van der Waals surface area contributed by atoms with Gasteiger partial charge < -0.3 is 10.6 Å². The molecule has 1 heterocycles. The number of hydrogen-bond donors (Lipinski definition) is 1. The zero-order chi connectivity index (χ0) is 13.9. The van der Waals surface area contributed by atoms with Crippen molar-refractivity contribution in [2.24, 2.45) is 17.1 Å². The summed E-state index contributed by atoms with van der Waals surface area (Å²) in [5.74, 6) is -1.14. The third-order valence-electron chi connectivity index (χ3n) is 4.87. The quantitative estimate of drug-likeness (QED) is 0.859. The highest BCUT2D eigenvalue weighted by Crippen LogP contribution is 2.38. The van der Waals surface area contributed by atoms with Crippen molar-refractivity contribution in [1.82, 2.24) is 4.90 Å². The van der Waals surface area contributed by atoms with Gasteiger partial charge in [0.25, 0.3) is 0 Å². The van der Waals surface area contributed by atoms with E-state index in [0.717, 1.165) is 25.9 Å². The van der Waals surface area contributed by atoms with Gasteiger partial charge in [0.1, 0.15) is 0 Å². The number of nitrogens with two attached hydrogens (primary N) is 1. The fourth-order valence-corrected chi connectivity index (χ4v) is 3.67. The third-order valence-corrected chi connectivity index (χ3v) is 4.87. The van der Waals surface area contributed by atoms with Gasteiger partial charge in [-0.05, 0) is 44.2 Å². The standard InChI is InChI=1S/C14H25F3N2/c15-14(16,17)12-5-4-8-19(9-12)11-13(10-18)6-2-1-3-7-13/h12H,1-11,18H2. The minimum Gasteiger partial charge on any atom is -0.330 e. The largest absolute Gasteiger partial charge is 0.393 e. The van der Waals surface area contributed by atoms with Gasteiger partial charge in [0.2, 0.25) is 0 Å². The Bertz CT molecular complexity index is 285. The molecule has 1 saturated carbocycles. The second-order valence-electron chi connectivity index (χ2n) is 6.38. The van der Waals surface area contributed by atoms with E-state index in [1.807, 2.05) is 4.90 Å². The Labute approximate surface area is 113 Å². The average Bonchev–Trinajstić information content (AvgIpc) is 2.39. The van der Waals surface area contributed by atoms with E-state index >= 15 is 0 Å². The second kappa shape index (κ2) is 6.00. The van der Waals surface area contributed by atoms with Crippen molar-refractivity contribution in [3.05, 3.63) is 0 Å². The topological polar surface area (TPSA) is 29.3 Å². The number of piperidine rings is 1. The summed E-state index contributed by atoms with van der Waals surface area (Å²) in [6, 6.07) is 0. The van der Waals surface area contributed by atoms with Crippen molar-refractivity contribution in [3.63, 3.8) is 0 Å². The maximum atomic E-state index is 12.8. The van der Waals surface area contributed by atoms with Gasteiger partial charge in [0, 0.05) is 13.1 Å². The summed E-state index contributed by atoms with van der Waals surface area (Å²) >= 11 is 0. The fraction of sp³-hybridized carbons (Fsp3) is 1.00. The Morgan fingerprint density at radius 2 is 1.79 bits per heavy atom. The van der Waals surface area contributed by atoms with Gasteiger partial charge in [0.15, 0.2) is 0 Å². The van der Waals surface area contributed by atoms with Crippen molar-refractivity contribution >= 4 is 0 Å². The zero-order valence-corrected chi connectivity index (χ0v) is 11.5. The number of halogens is 3. The van der Waals surface area contributed by atoms with Gasteiger partial charge in [0.05, 0.1) is 5.92 Å². The lowest BCUT2D eigenvalue weighted by Gasteiger charge is -2.43. The molecule has 2 N–H and O–H groups in total. The first-order valence-corrected chi connectivity index (χ1v) is 7.44. The normalized spacial score (nSPS) is 29.4. The summed E-state index contributed by atoms with van der Waals surface area (Å²) < 4.78 is 38.5. The smallest absolute Gasteiger partial charge is 0.330 e. The van der Waals surface area contributed by atoms with Crippen molar-refractivity contribution < 1.29 is 13.2 Å². The summed E-state index contributed by atoms with van der Waals surface area (Å²) in [6.07, 6.45) is 2.66. The van der Waals surface area contributed by atoms with Crippen LogP contribution in [0.1, 0.15) is 44.9 Å². The molecule has 0 aromatic carbocycles. The molecule has 2 fully saturated rings. The van der Waals surface area contributed by atoms with Gasteiger partial charge in [-0.2, -0.15) is 13.2 Å². The summed E-state index contributed by atoms with van der Waals surface area (Å²) in [7, 11) is 0. The predicted molar refractivity (Wildman–Crippen MR) is 69.8 cm³/mol. The van der Waals surface area contributed by atoms with Gasteiger partial charge in [-0.1, -0.05) is 19.3 Å². The van der Waals surface area contributed by atoms with E-state index in [1.54, 1.807) is 0 Å². The highest BCUT2D eigenvalue weighted by Gasteiger charge is 2.43. The first-order chi connectivity index (χ1) is 8.95. The molecule has 0 bridgehead atoms. The number of rotatable bonds is 3. The number of nitrogens with zero attached hydrogens (tertiary/aromatic N) is 1. The lowest BCUT2D eigenvalue weighted by Crippen LogP contribution is -2.49. The summed E-state index contributed by atoms with van der Waals surface area (Å²) in [4.78, 5) is 2.01. The molecule has 2 aliphatic rings. The molecule has 0 aromatic rings. The molecular formula is C14H25F3N2. The van der Waals surface area contributed by atoms with Crippen molar-refractivity contribution in [1.29, 1.82) is 0 Å². The van der Waals surface area contributed by atoms with Crippen molar-refractivity contribution in [2.45, 2.75) is 51.1 Å². The van der Waals surface area contributed by atoms with Crippen LogP contribution in [0.3, 0.4) is 0 Å². The Morgan fingerprint density at radius 1 is 1.11 bits per heavy atom. The van der Waals surface area contributed by atoms with E-state index in [1.165, 1.54) is 19.3 Å². The first kappa shape index (κ1) is 15.1. The van der Waals surface area contributed by atoms with Crippen LogP contribution in [0, 0.1) is 11.3 Å². The minimum atomic E-state index is -4.04. The molecule has 0 spiro atoms. The maximum absolute atomic E-state index is 12.8. The molecule has 1 aliphatic heterocycles. The van der Waals surface area contributed by atoms with Crippen LogP contribution in [0.5, 0.6) is 0 Å². The SMILES string of the molecule is NCC1(CN2CCCC(C(F)(F)F)C2)CCCCC1. The van der Waals surface area contributed by atoms with Gasteiger partial charge in [-0.15, -0.1) is 0 Å². The van der Waals surface area contributed by atoms with Crippen LogP contribution < -0.4 is 5.73 Å². The number of likely N-dealkylation sites (tertiary alicyclic amines) is 1. The zero-order valence-electron chi connectivity index (χ0n) is 11.5. The second-order valence-corrected chi connectivity index (χ2v) is 6.38. The summed E-state index contributed by atoms with van der Waals surface area (Å²) in [5, 5.41) is 0. The molecule has 1 aliphatic carbocycles. The predicted octanol–water partition coefficient (Wildman–Crippen LogP) is 3.17. The molecule has 1 atom stereocenters. The third kappa shape index (κ3) is 3.85. The molecule has 1 saturated heterocycles. The van der Waals surface area contributed by atoms with Crippen LogP contribution in [0.2, 0.25) is 0 Å². The van der Waals surface area contributed by atoms with E-state index in [4.69, 9.17) is 5.73 Å². The molecule has 0 aromatic heterocycles. The molecule has 0 radical (unpaired) electrons. The highest BCUT2D eigenvalue weighted by atomic mass is 19.4. The summed E-state index contributed by atoms with van der Waals surface area (Å²) in [6.45, 7) is 2.34. The minimum absolute atomic E-state index is 0.0751. The van der Waals surface area contributed by atoms with E-state index in [-0.39, 0.29) is 18.4 Å². The van der Waals surface area contributed by atoms with Crippen molar-refractivity contribution in [3.8, 4) is 0 Å². The molecule has 2 rings (SSSR count). The number of hydrogen-bond acceptors (Lipinski definition) is 2. The highest BCUT2D eigenvalue weighted by molar-refractivity contribution is 4.89. The maximum Gasteiger partial charge on any atom is 0.393 e. The first-order valence-electron chi connectivity index (χ1n) is 7.44. The van der Waals surface area contributed by atoms with E-state index < -0.39 is 12.1 Å². The van der Waals surface area contributed by atoms with Crippen LogP contribution in [-0.2, 0) is 0 Å².